The summed E-state index contributed by atoms with van der Waals surface area (Å²) in [5.74, 6) is 0.351. The zero-order valence-corrected chi connectivity index (χ0v) is 10.8. The van der Waals surface area contributed by atoms with Gasteiger partial charge in [0.2, 0.25) is 0 Å². The summed E-state index contributed by atoms with van der Waals surface area (Å²) in [6.07, 6.45) is 5.14. The number of rotatable bonds is 3. The molecule has 2 unspecified atom stereocenters. The van der Waals surface area contributed by atoms with Gasteiger partial charge in [-0.1, -0.05) is 6.42 Å². The molecule has 1 saturated carbocycles. The first-order chi connectivity index (χ1) is 9.29. The molecule has 0 amide bonds. The van der Waals surface area contributed by atoms with Crippen molar-refractivity contribution in [2.45, 2.75) is 25.3 Å². The van der Waals surface area contributed by atoms with E-state index in [1.165, 1.54) is 6.42 Å². The van der Waals surface area contributed by atoms with Gasteiger partial charge in [0, 0.05) is 35.8 Å². The Bertz CT molecular complexity index is 585. The van der Waals surface area contributed by atoms with Gasteiger partial charge in [0.1, 0.15) is 0 Å². The second kappa shape index (κ2) is 5.05. The lowest BCUT2D eigenvalue weighted by molar-refractivity contribution is 0.222. The van der Waals surface area contributed by atoms with Gasteiger partial charge in [-0.25, -0.2) is 0 Å². The molecule has 0 spiro atoms. The van der Waals surface area contributed by atoms with Gasteiger partial charge in [0.15, 0.2) is 0 Å². The number of pyridine rings is 1. The molecule has 3 rings (SSSR count). The van der Waals surface area contributed by atoms with E-state index in [0.29, 0.717) is 17.6 Å². The summed E-state index contributed by atoms with van der Waals surface area (Å²) in [5.41, 5.74) is 8.55. The summed E-state index contributed by atoms with van der Waals surface area (Å²) >= 11 is 0. The molecule has 1 fully saturated rings. The van der Waals surface area contributed by atoms with Crippen LogP contribution in [0, 0.1) is 5.92 Å². The molecular weight excluding hydrogens is 238 g/mol. The van der Waals surface area contributed by atoms with Crippen LogP contribution in [0.2, 0.25) is 0 Å². The van der Waals surface area contributed by atoms with E-state index < -0.39 is 0 Å². The van der Waals surface area contributed by atoms with Crippen LogP contribution in [0.3, 0.4) is 0 Å². The van der Waals surface area contributed by atoms with E-state index in [-0.39, 0.29) is 6.61 Å². The number of aliphatic hydroxyl groups excluding tert-OH is 1. The maximum Gasteiger partial charge on any atom is 0.0951 e. The van der Waals surface area contributed by atoms with Gasteiger partial charge in [-0.3, -0.25) is 4.98 Å². The molecule has 4 nitrogen and oxygen atoms in total. The van der Waals surface area contributed by atoms with Crippen molar-refractivity contribution in [3.05, 3.63) is 30.5 Å². The number of hydrogen-bond acceptors (Lipinski definition) is 4. The fraction of sp³-hybridized carbons (Fsp3) is 0.400. The van der Waals surface area contributed by atoms with Crippen molar-refractivity contribution in [3.8, 4) is 0 Å². The molecule has 1 aliphatic rings. The predicted octanol–water partition coefficient (Wildman–Crippen LogP) is 2.39. The number of anilines is 2. The SMILES string of the molecule is Nc1ccc(NC2CCCC2CO)c2cccnc12. The van der Waals surface area contributed by atoms with Gasteiger partial charge >= 0.3 is 0 Å². The summed E-state index contributed by atoms with van der Waals surface area (Å²) < 4.78 is 0. The van der Waals surface area contributed by atoms with Crippen LogP contribution < -0.4 is 11.1 Å². The minimum absolute atomic E-state index is 0.253. The Balaban J connectivity index is 1.95. The molecule has 1 aromatic carbocycles. The molecule has 1 heterocycles. The number of fused-ring (bicyclic) bond motifs is 1. The third kappa shape index (κ3) is 2.24. The average molecular weight is 257 g/mol. The number of nitrogens with two attached hydrogens (primary N) is 1. The second-order valence-corrected chi connectivity index (χ2v) is 5.23. The first-order valence-corrected chi connectivity index (χ1v) is 6.80. The number of nitrogen functional groups attached to an aromatic ring is 1. The molecular formula is C15H19N3O. The quantitative estimate of drug-likeness (QED) is 0.738. The fourth-order valence-corrected chi connectivity index (χ4v) is 2.97. The standard InChI is InChI=1S/C15H19N3O/c16-12-6-7-14(11-4-2-8-17-15(11)12)18-13-5-1-3-10(13)9-19/h2,4,6-8,10,13,18-19H,1,3,5,9,16H2. The number of benzene rings is 1. The van der Waals surface area contributed by atoms with E-state index in [2.05, 4.69) is 10.3 Å². The summed E-state index contributed by atoms with van der Waals surface area (Å²) in [7, 11) is 0. The van der Waals surface area contributed by atoms with Gasteiger partial charge in [0.05, 0.1) is 11.2 Å². The van der Waals surface area contributed by atoms with Gasteiger partial charge in [-0.15, -0.1) is 0 Å². The molecule has 100 valence electrons. The zero-order valence-electron chi connectivity index (χ0n) is 10.8. The molecule has 0 bridgehead atoms. The normalized spacial score (nSPS) is 22.8. The van der Waals surface area contributed by atoms with E-state index >= 15 is 0 Å². The maximum absolute atomic E-state index is 9.40. The van der Waals surface area contributed by atoms with Crippen molar-refractivity contribution in [3.63, 3.8) is 0 Å². The molecule has 4 N–H and O–H groups in total. The van der Waals surface area contributed by atoms with Gasteiger partial charge in [-0.05, 0) is 37.1 Å². The Morgan fingerprint density at radius 1 is 1.32 bits per heavy atom. The van der Waals surface area contributed by atoms with Crippen LogP contribution in [0.15, 0.2) is 30.5 Å². The Kier molecular flexibility index (Phi) is 3.25. The Morgan fingerprint density at radius 2 is 2.21 bits per heavy atom. The number of nitrogens with one attached hydrogen (secondary N) is 1. The van der Waals surface area contributed by atoms with Crippen molar-refractivity contribution in [2.24, 2.45) is 5.92 Å². The van der Waals surface area contributed by atoms with E-state index in [9.17, 15) is 5.11 Å². The van der Waals surface area contributed by atoms with Crippen molar-refractivity contribution in [1.29, 1.82) is 0 Å². The summed E-state index contributed by atoms with van der Waals surface area (Å²) in [6, 6.07) is 8.19. The summed E-state index contributed by atoms with van der Waals surface area (Å²) in [6.45, 7) is 0.253. The first kappa shape index (κ1) is 12.2. The monoisotopic (exact) mass is 257 g/mol. The van der Waals surface area contributed by atoms with Crippen LogP contribution in [-0.4, -0.2) is 22.7 Å². The topological polar surface area (TPSA) is 71.2 Å². The van der Waals surface area contributed by atoms with Crippen molar-refractivity contribution < 1.29 is 5.11 Å². The third-order valence-electron chi connectivity index (χ3n) is 4.04. The van der Waals surface area contributed by atoms with Crippen molar-refractivity contribution >= 4 is 22.3 Å². The molecule has 0 saturated heterocycles. The van der Waals surface area contributed by atoms with Crippen molar-refractivity contribution in [1.82, 2.24) is 4.98 Å². The molecule has 2 aromatic rings. The number of aromatic nitrogens is 1. The van der Waals surface area contributed by atoms with E-state index in [4.69, 9.17) is 5.73 Å². The number of hydrogen-bond donors (Lipinski definition) is 3. The van der Waals surface area contributed by atoms with Crippen LogP contribution in [0.4, 0.5) is 11.4 Å². The van der Waals surface area contributed by atoms with Gasteiger partial charge in [-0.2, -0.15) is 0 Å². The minimum atomic E-state index is 0.253. The molecule has 0 radical (unpaired) electrons. The van der Waals surface area contributed by atoms with Crippen LogP contribution in [0.5, 0.6) is 0 Å². The Morgan fingerprint density at radius 3 is 3.05 bits per heavy atom. The largest absolute Gasteiger partial charge is 0.397 e. The van der Waals surface area contributed by atoms with Crippen LogP contribution in [-0.2, 0) is 0 Å². The van der Waals surface area contributed by atoms with E-state index in [1.807, 2.05) is 24.3 Å². The van der Waals surface area contributed by atoms with Crippen LogP contribution in [0.25, 0.3) is 10.9 Å². The highest BCUT2D eigenvalue weighted by Gasteiger charge is 2.26. The molecule has 4 heteroatoms. The molecule has 19 heavy (non-hydrogen) atoms. The highest BCUT2D eigenvalue weighted by Crippen LogP contribution is 2.32. The summed E-state index contributed by atoms with van der Waals surface area (Å²) in [5, 5.41) is 14.0. The lowest BCUT2D eigenvalue weighted by atomic mass is 10.0. The highest BCUT2D eigenvalue weighted by atomic mass is 16.3. The lowest BCUT2D eigenvalue weighted by Crippen LogP contribution is -2.26. The minimum Gasteiger partial charge on any atom is -0.397 e. The Hall–Kier alpha value is -1.81. The molecule has 0 aliphatic heterocycles. The van der Waals surface area contributed by atoms with Crippen LogP contribution in [0.1, 0.15) is 19.3 Å². The molecule has 1 aliphatic carbocycles. The second-order valence-electron chi connectivity index (χ2n) is 5.23. The van der Waals surface area contributed by atoms with Crippen molar-refractivity contribution in [2.75, 3.05) is 17.7 Å². The van der Waals surface area contributed by atoms with Gasteiger partial charge in [0.25, 0.3) is 0 Å². The predicted molar refractivity (Wildman–Crippen MR) is 78.0 cm³/mol. The van der Waals surface area contributed by atoms with Gasteiger partial charge < -0.3 is 16.2 Å². The average Bonchev–Trinajstić information content (AvgIpc) is 2.89. The Labute approximate surface area is 112 Å². The molecule has 2 atom stereocenters. The smallest absolute Gasteiger partial charge is 0.0951 e. The highest BCUT2D eigenvalue weighted by molar-refractivity contribution is 5.98. The zero-order chi connectivity index (χ0) is 13.2. The lowest BCUT2D eigenvalue weighted by Gasteiger charge is -2.21. The number of nitrogens with zero attached hydrogens (tertiary/aromatic N) is 1. The molecule has 1 aromatic heterocycles. The third-order valence-corrected chi connectivity index (χ3v) is 4.04. The van der Waals surface area contributed by atoms with Crippen LogP contribution >= 0.6 is 0 Å². The fourth-order valence-electron chi connectivity index (χ4n) is 2.97. The van der Waals surface area contributed by atoms with E-state index in [0.717, 1.165) is 29.4 Å². The maximum atomic E-state index is 9.40. The number of aliphatic hydroxyl groups is 1. The van der Waals surface area contributed by atoms with E-state index in [1.54, 1.807) is 6.20 Å². The first-order valence-electron chi connectivity index (χ1n) is 6.80. The summed E-state index contributed by atoms with van der Waals surface area (Å²) in [4.78, 5) is 4.34.